The zero-order valence-corrected chi connectivity index (χ0v) is 13.3. The van der Waals surface area contributed by atoms with Gasteiger partial charge in [-0.2, -0.15) is 0 Å². The number of thiazole rings is 1. The summed E-state index contributed by atoms with van der Waals surface area (Å²) in [6.07, 6.45) is 10.9. The van der Waals surface area contributed by atoms with Crippen LogP contribution in [0.2, 0.25) is 0 Å². The molecule has 0 radical (unpaired) electrons. The molecule has 1 aromatic heterocycles. The zero-order chi connectivity index (χ0) is 13.5. The van der Waals surface area contributed by atoms with Crippen molar-refractivity contribution >= 4 is 11.3 Å². The van der Waals surface area contributed by atoms with Gasteiger partial charge in [0.05, 0.1) is 5.01 Å². The highest BCUT2D eigenvalue weighted by Crippen LogP contribution is 2.26. The van der Waals surface area contributed by atoms with Crippen LogP contribution in [0.15, 0.2) is 5.38 Å². The first-order valence-electron chi connectivity index (χ1n) is 7.92. The van der Waals surface area contributed by atoms with Gasteiger partial charge in [0.25, 0.3) is 0 Å². The molecule has 0 saturated heterocycles. The van der Waals surface area contributed by atoms with E-state index < -0.39 is 0 Å². The summed E-state index contributed by atoms with van der Waals surface area (Å²) in [5.41, 5.74) is 1.16. The molecule has 2 nitrogen and oxygen atoms in total. The molecule has 2 rings (SSSR count). The minimum Gasteiger partial charge on any atom is -0.314 e. The zero-order valence-electron chi connectivity index (χ0n) is 12.5. The molecule has 19 heavy (non-hydrogen) atoms. The van der Waals surface area contributed by atoms with Crippen molar-refractivity contribution in [1.29, 1.82) is 0 Å². The molecule has 2 atom stereocenters. The van der Waals surface area contributed by atoms with Crippen LogP contribution in [0.3, 0.4) is 0 Å². The van der Waals surface area contributed by atoms with Crippen molar-refractivity contribution in [3.8, 4) is 0 Å². The first-order valence-corrected chi connectivity index (χ1v) is 8.80. The molecular formula is C16H28N2S. The van der Waals surface area contributed by atoms with Crippen LogP contribution >= 0.6 is 11.3 Å². The lowest BCUT2D eigenvalue weighted by molar-refractivity contribution is 0.410. The molecular weight excluding hydrogens is 252 g/mol. The topological polar surface area (TPSA) is 24.9 Å². The number of nitrogens with one attached hydrogen (secondary N) is 1. The molecule has 1 N–H and O–H groups in total. The summed E-state index contributed by atoms with van der Waals surface area (Å²) >= 11 is 1.80. The molecule has 0 spiro atoms. The van der Waals surface area contributed by atoms with Gasteiger partial charge in [-0.1, -0.05) is 32.6 Å². The molecule has 1 saturated carbocycles. The van der Waals surface area contributed by atoms with E-state index >= 15 is 0 Å². The summed E-state index contributed by atoms with van der Waals surface area (Å²) in [7, 11) is 0. The Bertz CT molecular complexity index is 361. The van der Waals surface area contributed by atoms with Crippen molar-refractivity contribution in [3.63, 3.8) is 0 Å². The number of hydrogen-bond donors (Lipinski definition) is 1. The van der Waals surface area contributed by atoms with Crippen LogP contribution < -0.4 is 5.32 Å². The molecule has 0 bridgehead atoms. The molecule has 1 aromatic rings. The lowest BCUT2D eigenvalue weighted by Gasteiger charge is -2.16. The van der Waals surface area contributed by atoms with Crippen molar-refractivity contribution in [2.24, 2.45) is 5.92 Å². The molecule has 1 aliphatic rings. The molecule has 1 heterocycles. The van der Waals surface area contributed by atoms with E-state index in [1.165, 1.54) is 50.0 Å². The predicted octanol–water partition coefficient (Wildman–Crippen LogP) is 4.33. The maximum absolute atomic E-state index is 4.53. The molecule has 108 valence electrons. The van der Waals surface area contributed by atoms with Crippen LogP contribution in [-0.4, -0.2) is 17.6 Å². The Hall–Kier alpha value is -0.410. The third kappa shape index (κ3) is 5.23. The first-order chi connectivity index (χ1) is 9.28. The molecule has 0 aromatic carbocycles. The van der Waals surface area contributed by atoms with Crippen LogP contribution in [0, 0.1) is 12.8 Å². The standard InChI is InChI=1S/C16H28N2S/c1-3-5-14-6-4-7-15(9-8-14)17-11-10-16-18-13(2)12-19-16/h12,14-15,17H,3-11H2,1-2H3. The molecule has 3 heteroatoms. The normalized spacial score (nSPS) is 24.3. The molecule has 2 unspecified atom stereocenters. The van der Waals surface area contributed by atoms with Gasteiger partial charge in [-0.15, -0.1) is 11.3 Å². The summed E-state index contributed by atoms with van der Waals surface area (Å²) in [6, 6.07) is 0.753. The minimum atomic E-state index is 0.753. The van der Waals surface area contributed by atoms with Gasteiger partial charge in [-0.3, -0.25) is 0 Å². The smallest absolute Gasteiger partial charge is 0.0940 e. The third-order valence-electron chi connectivity index (χ3n) is 4.22. The van der Waals surface area contributed by atoms with E-state index in [0.29, 0.717) is 0 Å². The summed E-state index contributed by atoms with van der Waals surface area (Å²) in [6.45, 7) is 5.49. The van der Waals surface area contributed by atoms with E-state index in [9.17, 15) is 0 Å². The second-order valence-electron chi connectivity index (χ2n) is 5.95. The molecule has 0 aliphatic heterocycles. The van der Waals surface area contributed by atoms with Gasteiger partial charge in [-0.05, 0) is 32.1 Å². The van der Waals surface area contributed by atoms with E-state index in [2.05, 4.69) is 29.5 Å². The highest BCUT2D eigenvalue weighted by atomic mass is 32.1. The van der Waals surface area contributed by atoms with Crippen LogP contribution in [0.5, 0.6) is 0 Å². The summed E-state index contributed by atoms with van der Waals surface area (Å²) in [5, 5.41) is 7.18. The number of hydrogen-bond acceptors (Lipinski definition) is 3. The van der Waals surface area contributed by atoms with Gasteiger partial charge in [-0.25, -0.2) is 4.98 Å². The lowest BCUT2D eigenvalue weighted by atomic mass is 9.95. The van der Waals surface area contributed by atoms with Gasteiger partial charge in [0.2, 0.25) is 0 Å². The highest BCUT2D eigenvalue weighted by molar-refractivity contribution is 7.09. The quantitative estimate of drug-likeness (QED) is 0.784. The van der Waals surface area contributed by atoms with E-state index in [1.54, 1.807) is 11.3 Å². The molecule has 0 amide bonds. The number of rotatable bonds is 6. The summed E-state index contributed by atoms with van der Waals surface area (Å²) in [4.78, 5) is 4.53. The van der Waals surface area contributed by atoms with Crippen molar-refractivity contribution in [1.82, 2.24) is 10.3 Å². The van der Waals surface area contributed by atoms with Gasteiger partial charge in [0.15, 0.2) is 0 Å². The van der Waals surface area contributed by atoms with E-state index in [-0.39, 0.29) is 0 Å². The fourth-order valence-corrected chi connectivity index (χ4v) is 3.96. The average Bonchev–Trinajstić information content (AvgIpc) is 2.67. The first kappa shape index (κ1) is 15.0. The number of nitrogens with zero attached hydrogens (tertiary/aromatic N) is 1. The maximum atomic E-state index is 4.53. The molecule has 1 fully saturated rings. The Morgan fingerprint density at radius 2 is 2.21 bits per heavy atom. The Kier molecular flexibility index (Phi) is 6.32. The van der Waals surface area contributed by atoms with Crippen molar-refractivity contribution in [2.45, 2.75) is 71.3 Å². The van der Waals surface area contributed by atoms with Gasteiger partial charge < -0.3 is 5.32 Å². The Morgan fingerprint density at radius 1 is 1.32 bits per heavy atom. The van der Waals surface area contributed by atoms with Crippen molar-refractivity contribution in [3.05, 3.63) is 16.1 Å². The number of aryl methyl sites for hydroxylation is 1. The van der Waals surface area contributed by atoms with Crippen molar-refractivity contribution in [2.75, 3.05) is 6.54 Å². The minimum absolute atomic E-state index is 0.753. The van der Waals surface area contributed by atoms with Gasteiger partial charge >= 0.3 is 0 Å². The SMILES string of the molecule is CCCC1CCCC(NCCc2nc(C)cs2)CC1. The summed E-state index contributed by atoms with van der Waals surface area (Å²) in [5.74, 6) is 0.999. The largest absolute Gasteiger partial charge is 0.314 e. The Morgan fingerprint density at radius 3 is 2.95 bits per heavy atom. The van der Waals surface area contributed by atoms with Gasteiger partial charge in [0.1, 0.15) is 0 Å². The Balaban J connectivity index is 1.65. The van der Waals surface area contributed by atoms with Crippen LogP contribution in [0.1, 0.15) is 62.6 Å². The van der Waals surface area contributed by atoms with Crippen LogP contribution in [-0.2, 0) is 6.42 Å². The maximum Gasteiger partial charge on any atom is 0.0940 e. The monoisotopic (exact) mass is 280 g/mol. The van der Waals surface area contributed by atoms with Crippen molar-refractivity contribution < 1.29 is 0 Å². The Labute approximate surface area is 122 Å². The fraction of sp³-hybridized carbons (Fsp3) is 0.812. The van der Waals surface area contributed by atoms with Gasteiger partial charge in [0, 0.05) is 30.1 Å². The van der Waals surface area contributed by atoms with E-state index in [1.807, 2.05) is 0 Å². The average molecular weight is 280 g/mol. The van der Waals surface area contributed by atoms with Crippen LogP contribution in [0.25, 0.3) is 0 Å². The second-order valence-corrected chi connectivity index (χ2v) is 6.89. The third-order valence-corrected chi connectivity index (χ3v) is 5.25. The highest BCUT2D eigenvalue weighted by Gasteiger charge is 2.17. The fourth-order valence-electron chi connectivity index (χ4n) is 3.18. The number of aromatic nitrogens is 1. The van der Waals surface area contributed by atoms with E-state index in [0.717, 1.165) is 30.6 Å². The predicted molar refractivity (Wildman–Crippen MR) is 83.8 cm³/mol. The molecule has 1 aliphatic carbocycles. The second kappa shape index (κ2) is 8.01. The lowest BCUT2D eigenvalue weighted by Crippen LogP contribution is -2.30. The van der Waals surface area contributed by atoms with Crippen LogP contribution in [0.4, 0.5) is 0 Å². The van der Waals surface area contributed by atoms with E-state index in [4.69, 9.17) is 0 Å². The summed E-state index contributed by atoms with van der Waals surface area (Å²) < 4.78 is 0.